The molecule has 1 N–H and O–H groups in total. The Morgan fingerprint density at radius 1 is 1.20 bits per heavy atom. The summed E-state index contributed by atoms with van der Waals surface area (Å²) in [6.07, 6.45) is 1.05. The second-order valence-corrected chi connectivity index (χ2v) is 8.44. The third-order valence-electron chi connectivity index (χ3n) is 5.26. The summed E-state index contributed by atoms with van der Waals surface area (Å²) >= 11 is 0. The zero-order valence-electron chi connectivity index (χ0n) is 17.5. The normalized spacial score (nSPS) is 13.3. The summed E-state index contributed by atoms with van der Waals surface area (Å²) in [6, 6.07) is 10.8. The number of carbonyl (C=O) groups excluding carboxylic acids is 3. The molecular weight excluding hydrogens is 380 g/mol. The van der Waals surface area contributed by atoms with Gasteiger partial charge >= 0.3 is 6.09 Å². The SMILES string of the molecule is CCc1ccc(-c2cc3cc(C=O)ccc3n2C(=O)OC(C)(C)C)c2c1CNC2=O. The van der Waals surface area contributed by atoms with Crippen molar-refractivity contribution in [1.29, 1.82) is 0 Å². The van der Waals surface area contributed by atoms with Crippen LogP contribution < -0.4 is 5.32 Å². The van der Waals surface area contributed by atoms with Crippen molar-refractivity contribution in [3.63, 3.8) is 0 Å². The van der Waals surface area contributed by atoms with Gasteiger partial charge in [-0.3, -0.25) is 9.59 Å². The molecule has 1 aromatic heterocycles. The molecule has 4 rings (SSSR count). The predicted octanol–water partition coefficient (Wildman–Crippen LogP) is 4.71. The van der Waals surface area contributed by atoms with E-state index in [2.05, 4.69) is 12.2 Å². The average Bonchev–Trinajstić information content (AvgIpc) is 3.26. The number of aromatic nitrogens is 1. The first kappa shape index (κ1) is 19.9. The molecule has 1 aliphatic rings. The van der Waals surface area contributed by atoms with Gasteiger partial charge in [0.15, 0.2) is 0 Å². The summed E-state index contributed by atoms with van der Waals surface area (Å²) in [5, 5.41) is 3.63. The molecule has 0 saturated heterocycles. The number of amides is 1. The lowest BCUT2D eigenvalue weighted by atomic mass is 9.94. The van der Waals surface area contributed by atoms with Gasteiger partial charge in [0, 0.05) is 23.1 Å². The Kier molecular flexibility index (Phi) is 4.73. The fourth-order valence-electron chi connectivity index (χ4n) is 3.96. The van der Waals surface area contributed by atoms with Gasteiger partial charge in [0.05, 0.1) is 16.8 Å². The number of hydrogen-bond acceptors (Lipinski definition) is 4. The minimum Gasteiger partial charge on any atom is -0.443 e. The average molecular weight is 404 g/mol. The van der Waals surface area contributed by atoms with Crippen molar-refractivity contribution >= 4 is 29.2 Å². The van der Waals surface area contributed by atoms with Crippen LogP contribution in [-0.4, -0.2) is 28.5 Å². The fraction of sp³-hybridized carbons (Fsp3) is 0.292. The summed E-state index contributed by atoms with van der Waals surface area (Å²) in [5.41, 5.74) is 4.36. The second-order valence-electron chi connectivity index (χ2n) is 8.44. The van der Waals surface area contributed by atoms with E-state index in [9.17, 15) is 14.4 Å². The maximum Gasteiger partial charge on any atom is 0.419 e. The van der Waals surface area contributed by atoms with Gasteiger partial charge < -0.3 is 10.1 Å². The summed E-state index contributed by atoms with van der Waals surface area (Å²) in [7, 11) is 0. The van der Waals surface area contributed by atoms with Crippen LogP contribution in [0.5, 0.6) is 0 Å². The highest BCUT2D eigenvalue weighted by molar-refractivity contribution is 6.07. The minimum atomic E-state index is -0.681. The molecule has 6 nitrogen and oxygen atoms in total. The predicted molar refractivity (Wildman–Crippen MR) is 115 cm³/mol. The van der Waals surface area contributed by atoms with Gasteiger partial charge in [-0.1, -0.05) is 19.1 Å². The Morgan fingerprint density at radius 2 is 1.97 bits per heavy atom. The number of fused-ring (bicyclic) bond motifs is 2. The van der Waals surface area contributed by atoms with Crippen molar-refractivity contribution < 1.29 is 19.1 Å². The molecule has 0 bridgehead atoms. The van der Waals surface area contributed by atoms with Gasteiger partial charge in [-0.25, -0.2) is 9.36 Å². The molecule has 3 aromatic rings. The number of hydrogen-bond donors (Lipinski definition) is 1. The fourth-order valence-corrected chi connectivity index (χ4v) is 3.96. The summed E-state index contributed by atoms with van der Waals surface area (Å²) < 4.78 is 7.14. The summed E-state index contributed by atoms with van der Waals surface area (Å²) in [6.45, 7) is 7.95. The molecule has 6 heteroatoms. The molecular formula is C24H24N2O4. The van der Waals surface area contributed by atoms with Crippen molar-refractivity contribution in [1.82, 2.24) is 9.88 Å². The monoisotopic (exact) mass is 404 g/mol. The molecule has 0 saturated carbocycles. The number of ether oxygens (including phenoxy) is 1. The highest BCUT2D eigenvalue weighted by Gasteiger charge is 2.29. The van der Waals surface area contributed by atoms with Crippen molar-refractivity contribution in [2.24, 2.45) is 0 Å². The highest BCUT2D eigenvalue weighted by atomic mass is 16.6. The number of aldehydes is 1. The Hall–Kier alpha value is -3.41. The Morgan fingerprint density at radius 3 is 2.63 bits per heavy atom. The smallest absolute Gasteiger partial charge is 0.419 e. The van der Waals surface area contributed by atoms with Crippen molar-refractivity contribution in [3.8, 4) is 11.3 Å². The van der Waals surface area contributed by atoms with E-state index >= 15 is 0 Å². The molecule has 30 heavy (non-hydrogen) atoms. The zero-order chi connectivity index (χ0) is 21.6. The standard InChI is InChI=1S/C24H24N2O4/c1-5-15-7-8-17(21-18(15)12-25-22(21)28)20-11-16-10-14(13-27)6-9-19(16)26(20)23(29)30-24(2,3)4/h6-11,13H,5,12H2,1-4H3,(H,25,28). The van der Waals surface area contributed by atoms with E-state index < -0.39 is 11.7 Å². The topological polar surface area (TPSA) is 77.4 Å². The molecule has 0 unspecified atom stereocenters. The number of nitrogens with zero attached hydrogens (tertiary/aromatic N) is 1. The highest BCUT2D eigenvalue weighted by Crippen LogP contribution is 2.36. The minimum absolute atomic E-state index is 0.148. The van der Waals surface area contributed by atoms with Gasteiger partial charge in [0.2, 0.25) is 0 Å². The number of aryl methyl sites for hydroxylation is 1. The van der Waals surface area contributed by atoms with Crippen LogP contribution in [0.2, 0.25) is 0 Å². The quantitative estimate of drug-likeness (QED) is 0.642. The first-order valence-corrected chi connectivity index (χ1v) is 10.0. The van der Waals surface area contributed by atoms with Gasteiger partial charge in [-0.2, -0.15) is 0 Å². The van der Waals surface area contributed by atoms with E-state index in [1.807, 2.05) is 39.0 Å². The van der Waals surface area contributed by atoms with Gasteiger partial charge in [0.25, 0.3) is 5.91 Å². The molecule has 1 amide bonds. The molecule has 154 valence electrons. The lowest BCUT2D eigenvalue weighted by Crippen LogP contribution is -2.27. The van der Waals surface area contributed by atoms with E-state index in [4.69, 9.17) is 4.74 Å². The van der Waals surface area contributed by atoms with E-state index in [1.54, 1.807) is 18.2 Å². The summed E-state index contributed by atoms with van der Waals surface area (Å²) in [5.74, 6) is -0.148. The lowest BCUT2D eigenvalue weighted by molar-refractivity contribution is 0.0546. The van der Waals surface area contributed by atoms with Crippen molar-refractivity contribution in [3.05, 3.63) is 58.7 Å². The largest absolute Gasteiger partial charge is 0.443 e. The number of benzene rings is 2. The maximum atomic E-state index is 13.2. The molecule has 0 radical (unpaired) electrons. The first-order chi connectivity index (χ1) is 14.2. The van der Waals surface area contributed by atoms with Crippen LogP contribution in [0.1, 0.15) is 59.5 Å². The lowest BCUT2D eigenvalue weighted by Gasteiger charge is -2.21. The van der Waals surface area contributed by atoms with Crippen LogP contribution in [-0.2, 0) is 17.7 Å². The number of rotatable bonds is 3. The van der Waals surface area contributed by atoms with Gasteiger partial charge in [-0.05, 0) is 62.6 Å². The second kappa shape index (κ2) is 7.13. The Labute approximate surface area is 174 Å². The van der Waals surface area contributed by atoms with E-state index in [-0.39, 0.29) is 5.91 Å². The van der Waals surface area contributed by atoms with E-state index in [0.29, 0.717) is 34.4 Å². The Bertz CT molecular complexity index is 1200. The summed E-state index contributed by atoms with van der Waals surface area (Å²) in [4.78, 5) is 37.1. The van der Waals surface area contributed by atoms with Crippen LogP contribution in [0.3, 0.4) is 0 Å². The van der Waals surface area contributed by atoms with E-state index in [0.717, 1.165) is 29.2 Å². The van der Waals surface area contributed by atoms with Crippen molar-refractivity contribution in [2.75, 3.05) is 0 Å². The van der Waals surface area contributed by atoms with Crippen LogP contribution >= 0.6 is 0 Å². The van der Waals surface area contributed by atoms with Crippen LogP contribution in [0, 0.1) is 0 Å². The molecule has 0 fully saturated rings. The van der Waals surface area contributed by atoms with Crippen LogP contribution in [0.15, 0.2) is 36.4 Å². The molecule has 2 heterocycles. The van der Waals surface area contributed by atoms with Gasteiger partial charge in [-0.15, -0.1) is 0 Å². The number of nitrogens with one attached hydrogen (secondary N) is 1. The molecule has 1 aliphatic heterocycles. The third kappa shape index (κ3) is 3.28. The first-order valence-electron chi connectivity index (χ1n) is 10.0. The van der Waals surface area contributed by atoms with Gasteiger partial charge in [0.1, 0.15) is 11.9 Å². The molecule has 0 atom stereocenters. The number of carbonyl (C=O) groups is 3. The van der Waals surface area contributed by atoms with E-state index in [1.165, 1.54) is 4.57 Å². The third-order valence-corrected chi connectivity index (χ3v) is 5.26. The van der Waals surface area contributed by atoms with Crippen LogP contribution in [0.4, 0.5) is 4.79 Å². The van der Waals surface area contributed by atoms with Crippen LogP contribution in [0.25, 0.3) is 22.2 Å². The Balaban J connectivity index is 2.01. The molecule has 0 spiro atoms. The van der Waals surface area contributed by atoms with Crippen molar-refractivity contribution in [2.45, 2.75) is 46.3 Å². The molecule has 2 aromatic carbocycles. The molecule has 0 aliphatic carbocycles. The maximum absolute atomic E-state index is 13.2. The zero-order valence-corrected chi connectivity index (χ0v) is 17.5.